The van der Waals surface area contributed by atoms with Gasteiger partial charge in [0, 0.05) is 0 Å². The Balaban J connectivity index is 0.000000487. The van der Waals surface area contributed by atoms with E-state index in [1.54, 1.807) is 0 Å². The molecule has 0 amide bonds. The summed E-state index contributed by atoms with van der Waals surface area (Å²) in [5.74, 6) is 0. The fourth-order valence-electron chi connectivity index (χ4n) is 1.05. The molecule has 1 aliphatic carbocycles. The van der Waals surface area contributed by atoms with E-state index in [9.17, 15) is 0 Å². The van der Waals surface area contributed by atoms with Crippen molar-refractivity contribution in [3.05, 3.63) is 0 Å². The van der Waals surface area contributed by atoms with E-state index in [4.69, 9.17) is 69.6 Å². The second kappa shape index (κ2) is 9.10. The summed E-state index contributed by atoms with van der Waals surface area (Å²) >= 11 is 35.3. The molecule has 9 heteroatoms. The minimum atomic E-state index is -0.437. The van der Waals surface area contributed by atoms with E-state index in [1.807, 2.05) is 0 Å². The first-order chi connectivity index (χ1) is 7.38. The molecule has 0 spiro atoms. The SMILES string of the molecule is C[SiH2]N[SiH3].ClC1C(Cl)C(Cl)C(Cl)C(Cl)C1Cl. The van der Waals surface area contributed by atoms with Crippen molar-refractivity contribution in [2.24, 2.45) is 0 Å². The highest BCUT2D eigenvalue weighted by molar-refractivity contribution is 6.45. The first-order valence-corrected chi connectivity index (χ1v) is 10.6. The fraction of sp³-hybridized carbons (Fsp3) is 1.00. The molecule has 16 heavy (non-hydrogen) atoms. The van der Waals surface area contributed by atoms with Gasteiger partial charge in [-0.1, -0.05) is 6.55 Å². The minimum absolute atomic E-state index is 0.236. The summed E-state index contributed by atoms with van der Waals surface area (Å²) < 4.78 is 3.21. The molecule has 1 nitrogen and oxygen atoms in total. The Labute approximate surface area is 132 Å². The highest BCUT2D eigenvalue weighted by atomic mass is 35.5. The van der Waals surface area contributed by atoms with Gasteiger partial charge in [0.15, 0.2) is 0 Å². The van der Waals surface area contributed by atoms with Gasteiger partial charge in [0.05, 0.1) is 52.3 Å². The van der Waals surface area contributed by atoms with E-state index < -0.39 is 32.3 Å². The molecule has 0 saturated heterocycles. The molecule has 98 valence electrons. The highest BCUT2D eigenvalue weighted by Crippen LogP contribution is 2.39. The molecule has 1 fully saturated rings. The third kappa shape index (κ3) is 5.02. The maximum Gasteiger partial charge on any atom is 0.0811 e. The highest BCUT2D eigenvalue weighted by Gasteiger charge is 2.46. The number of alkyl halides is 6. The lowest BCUT2D eigenvalue weighted by Crippen LogP contribution is -2.52. The van der Waals surface area contributed by atoms with Crippen LogP contribution in [0.3, 0.4) is 0 Å². The van der Waals surface area contributed by atoms with Crippen LogP contribution in [0.15, 0.2) is 0 Å². The van der Waals surface area contributed by atoms with Crippen LogP contribution >= 0.6 is 69.6 Å². The number of hydrogen-bond donors (Lipinski definition) is 1. The molecule has 1 saturated carbocycles. The molecule has 0 aromatic rings. The van der Waals surface area contributed by atoms with Crippen LogP contribution in [0.5, 0.6) is 0 Å². The van der Waals surface area contributed by atoms with Crippen LogP contribution < -0.4 is 4.65 Å². The van der Waals surface area contributed by atoms with Gasteiger partial charge in [-0.2, -0.15) is 0 Å². The lowest BCUT2D eigenvalue weighted by atomic mass is 9.97. The van der Waals surface area contributed by atoms with E-state index in [2.05, 4.69) is 11.2 Å². The normalized spacial score (nSPS) is 44.4. The Hall–Kier alpha value is 2.13. The van der Waals surface area contributed by atoms with Crippen LogP contribution in [0.1, 0.15) is 0 Å². The molecule has 0 aliphatic heterocycles. The predicted molar refractivity (Wildman–Crippen MR) is 85.3 cm³/mol. The zero-order valence-electron chi connectivity index (χ0n) is 8.94. The van der Waals surface area contributed by atoms with Crippen LogP contribution in [0.4, 0.5) is 0 Å². The van der Waals surface area contributed by atoms with Crippen molar-refractivity contribution in [1.29, 1.82) is 0 Å². The van der Waals surface area contributed by atoms with Crippen molar-refractivity contribution in [2.45, 2.75) is 38.8 Å². The van der Waals surface area contributed by atoms with Gasteiger partial charge in [0.1, 0.15) is 0 Å². The molecule has 0 aromatic heterocycles. The van der Waals surface area contributed by atoms with E-state index >= 15 is 0 Å². The second-order valence-electron chi connectivity index (χ2n) is 3.37. The largest absolute Gasteiger partial charge is 0.372 e. The van der Waals surface area contributed by atoms with Gasteiger partial charge in [-0.15, -0.1) is 69.6 Å². The summed E-state index contributed by atoms with van der Waals surface area (Å²) in [5, 5.41) is -2.62. The Morgan fingerprint density at radius 2 is 0.875 bits per heavy atom. The summed E-state index contributed by atoms with van der Waals surface area (Å²) in [6, 6.07) is 0. The Kier molecular flexibility index (Phi) is 10.3. The van der Waals surface area contributed by atoms with Crippen molar-refractivity contribution >= 4 is 89.7 Å². The Morgan fingerprint density at radius 3 is 0.938 bits per heavy atom. The van der Waals surface area contributed by atoms with Gasteiger partial charge in [-0.25, -0.2) is 0 Å². The van der Waals surface area contributed by atoms with Crippen LogP contribution in [0, 0.1) is 0 Å². The van der Waals surface area contributed by atoms with E-state index in [0.29, 0.717) is 0 Å². The molecular weight excluding hydrogens is 367 g/mol. The van der Waals surface area contributed by atoms with Gasteiger partial charge < -0.3 is 4.65 Å². The van der Waals surface area contributed by atoms with Gasteiger partial charge in [-0.05, 0) is 0 Å². The van der Waals surface area contributed by atoms with Gasteiger partial charge in [0.2, 0.25) is 0 Å². The van der Waals surface area contributed by atoms with Crippen molar-refractivity contribution in [3.8, 4) is 0 Å². The lowest BCUT2D eigenvalue weighted by molar-refractivity contribution is 0.544. The fourth-order valence-corrected chi connectivity index (χ4v) is 3.38. The molecule has 0 heterocycles. The van der Waals surface area contributed by atoms with Crippen molar-refractivity contribution in [2.75, 3.05) is 0 Å². The average molecular weight is 382 g/mol. The van der Waals surface area contributed by atoms with Crippen LogP contribution in [-0.2, 0) is 0 Å². The summed E-state index contributed by atoms with van der Waals surface area (Å²) in [6.45, 7) is 2.24. The molecule has 0 atom stereocenters. The Bertz CT molecular complexity index is 139. The lowest BCUT2D eigenvalue weighted by Gasteiger charge is -2.37. The minimum Gasteiger partial charge on any atom is -0.372 e. The third-order valence-electron chi connectivity index (χ3n) is 2.18. The molecule has 0 bridgehead atoms. The zero-order valence-corrected chi connectivity index (χ0v) is 16.9. The molecular formula is C7H15Cl6NSi2. The van der Waals surface area contributed by atoms with E-state index in [-0.39, 0.29) is 9.68 Å². The number of rotatable bonds is 1. The van der Waals surface area contributed by atoms with Crippen molar-refractivity contribution in [1.82, 2.24) is 4.65 Å². The molecule has 0 radical (unpaired) electrons. The van der Waals surface area contributed by atoms with Gasteiger partial charge in [0.25, 0.3) is 0 Å². The molecule has 1 aliphatic rings. The number of hydrogen-bond acceptors (Lipinski definition) is 1. The zero-order chi connectivity index (χ0) is 12.9. The van der Waals surface area contributed by atoms with Crippen LogP contribution in [0.25, 0.3) is 0 Å². The van der Waals surface area contributed by atoms with E-state index in [0.717, 1.165) is 0 Å². The maximum atomic E-state index is 5.88. The quantitative estimate of drug-likeness (QED) is 0.537. The second-order valence-corrected chi connectivity index (χ2v) is 9.93. The topological polar surface area (TPSA) is 12.0 Å². The average Bonchev–Trinajstić information content (AvgIpc) is 2.31. The Morgan fingerprint density at radius 1 is 0.750 bits per heavy atom. The summed E-state index contributed by atoms with van der Waals surface area (Å²) in [5.41, 5.74) is 0. The predicted octanol–water partition coefficient (Wildman–Crippen LogP) is 1.63. The third-order valence-corrected chi connectivity index (χ3v) is 9.04. The number of halogens is 6. The van der Waals surface area contributed by atoms with E-state index in [1.165, 1.54) is 10.4 Å². The molecule has 1 rings (SSSR count). The smallest absolute Gasteiger partial charge is 0.0811 e. The summed E-state index contributed by atoms with van der Waals surface area (Å²) in [4.78, 5) is 0. The summed E-state index contributed by atoms with van der Waals surface area (Å²) in [7, 11) is 1.44. The maximum absolute atomic E-state index is 5.88. The van der Waals surface area contributed by atoms with Crippen LogP contribution in [-0.4, -0.2) is 52.3 Å². The standard InChI is InChI=1S/C6H6Cl6.CH9NSi2/c7-1-2(8)4(10)6(12)5(11)3(1)9;1-4-2-3/h1-6H;2H,4H2,1,3H3. The van der Waals surface area contributed by atoms with Crippen molar-refractivity contribution < 1.29 is 0 Å². The molecule has 1 N–H and O–H groups in total. The van der Waals surface area contributed by atoms with Crippen LogP contribution in [0.2, 0.25) is 6.55 Å². The monoisotopic (exact) mass is 379 g/mol. The van der Waals surface area contributed by atoms with Crippen molar-refractivity contribution in [3.63, 3.8) is 0 Å². The summed E-state index contributed by atoms with van der Waals surface area (Å²) in [6.07, 6.45) is 0. The first-order valence-electron chi connectivity index (χ1n) is 4.87. The molecule has 0 unspecified atom stereocenters. The van der Waals surface area contributed by atoms with Gasteiger partial charge in [-0.3, -0.25) is 0 Å². The number of nitrogens with one attached hydrogen (secondary N) is 1. The first kappa shape index (κ1) is 18.1. The van der Waals surface area contributed by atoms with Gasteiger partial charge >= 0.3 is 0 Å². The molecule has 0 aromatic carbocycles.